The summed E-state index contributed by atoms with van der Waals surface area (Å²) in [5.41, 5.74) is 0. The van der Waals surface area contributed by atoms with Gasteiger partial charge in [0.15, 0.2) is 6.04 Å². The zero-order chi connectivity index (χ0) is 9.84. The van der Waals surface area contributed by atoms with Crippen LogP contribution in [0.4, 0.5) is 0 Å². The summed E-state index contributed by atoms with van der Waals surface area (Å²) in [6.45, 7) is 0. The maximum atomic E-state index is 11.3. The van der Waals surface area contributed by atoms with Gasteiger partial charge >= 0.3 is 5.97 Å². The molecule has 1 rings (SSSR count). The molecule has 1 aliphatic carbocycles. The fourth-order valence-corrected chi connectivity index (χ4v) is 1.20. The van der Waals surface area contributed by atoms with Crippen molar-refractivity contribution in [2.75, 3.05) is 7.05 Å². The molecule has 1 atom stereocenters. The Morgan fingerprint density at radius 1 is 1.46 bits per heavy atom. The van der Waals surface area contributed by atoms with Gasteiger partial charge in [0.05, 0.1) is 0 Å². The largest absolute Gasteiger partial charge is 0.480 e. The van der Waals surface area contributed by atoms with Crippen LogP contribution in [0.2, 0.25) is 0 Å². The predicted molar refractivity (Wildman–Crippen MR) is 46.3 cm³/mol. The third kappa shape index (κ3) is 2.42. The summed E-state index contributed by atoms with van der Waals surface area (Å²) in [6.07, 6.45) is 3.03. The number of amides is 1. The molecule has 1 fully saturated rings. The van der Waals surface area contributed by atoms with Crippen LogP contribution in [-0.2, 0) is 9.59 Å². The molecule has 0 aliphatic heterocycles. The summed E-state index contributed by atoms with van der Waals surface area (Å²) in [4.78, 5) is 21.8. The topological polar surface area (TPSA) is 78.4 Å². The van der Waals surface area contributed by atoms with Gasteiger partial charge < -0.3 is 10.4 Å². The van der Waals surface area contributed by atoms with Crippen molar-refractivity contribution in [2.45, 2.75) is 31.3 Å². The molecule has 1 saturated carbocycles. The molecule has 0 spiro atoms. The maximum Gasteiger partial charge on any atom is 0.330 e. The van der Waals surface area contributed by atoms with Gasteiger partial charge in [0.25, 0.3) is 0 Å². The monoisotopic (exact) mass is 186 g/mol. The minimum absolute atomic E-state index is 0.183. The molecule has 0 aromatic heterocycles. The minimum Gasteiger partial charge on any atom is -0.480 e. The highest BCUT2D eigenvalue weighted by Gasteiger charge is 2.28. The average molecular weight is 186 g/mol. The number of carbonyl (C=O) groups excluding carboxylic acids is 1. The van der Waals surface area contributed by atoms with Gasteiger partial charge in [-0.2, -0.15) is 0 Å². The fourth-order valence-electron chi connectivity index (χ4n) is 1.20. The lowest BCUT2D eigenvalue weighted by atomic mass is 9.93. The van der Waals surface area contributed by atoms with E-state index < -0.39 is 17.9 Å². The van der Waals surface area contributed by atoms with Crippen molar-refractivity contribution < 1.29 is 14.7 Å². The summed E-state index contributed by atoms with van der Waals surface area (Å²) in [5, 5.41) is 13.7. The fraction of sp³-hybridized carbons (Fsp3) is 0.750. The summed E-state index contributed by atoms with van der Waals surface area (Å²) in [6, 6.07) is -0.941. The number of carboxylic acids is 1. The van der Waals surface area contributed by atoms with Crippen molar-refractivity contribution in [2.24, 2.45) is 0 Å². The summed E-state index contributed by atoms with van der Waals surface area (Å²) in [7, 11) is 1.46. The van der Waals surface area contributed by atoms with Crippen molar-refractivity contribution >= 4 is 11.9 Å². The van der Waals surface area contributed by atoms with Crippen LogP contribution in [0.1, 0.15) is 19.3 Å². The molecule has 0 aromatic carbocycles. The van der Waals surface area contributed by atoms with E-state index in [9.17, 15) is 9.59 Å². The molecule has 0 aromatic rings. The van der Waals surface area contributed by atoms with Gasteiger partial charge in [0.1, 0.15) is 0 Å². The first kappa shape index (κ1) is 9.98. The Hall–Kier alpha value is -1.10. The summed E-state index contributed by atoms with van der Waals surface area (Å²) in [5.74, 6) is -1.58. The van der Waals surface area contributed by atoms with Crippen LogP contribution in [0.15, 0.2) is 0 Å². The van der Waals surface area contributed by atoms with Gasteiger partial charge in [-0.3, -0.25) is 10.1 Å². The molecule has 1 unspecified atom stereocenters. The third-order valence-electron chi connectivity index (χ3n) is 2.25. The van der Waals surface area contributed by atoms with E-state index in [0.717, 1.165) is 19.3 Å². The van der Waals surface area contributed by atoms with E-state index >= 15 is 0 Å². The van der Waals surface area contributed by atoms with Gasteiger partial charge in [-0.1, -0.05) is 0 Å². The lowest BCUT2D eigenvalue weighted by molar-refractivity contribution is -0.144. The van der Waals surface area contributed by atoms with Gasteiger partial charge in [0, 0.05) is 6.04 Å². The zero-order valence-electron chi connectivity index (χ0n) is 7.54. The molecule has 0 bridgehead atoms. The normalized spacial score (nSPS) is 18.8. The Morgan fingerprint density at radius 3 is 2.38 bits per heavy atom. The molecule has 0 heterocycles. The first-order chi connectivity index (χ1) is 6.15. The van der Waals surface area contributed by atoms with Crippen LogP contribution < -0.4 is 10.6 Å². The van der Waals surface area contributed by atoms with E-state index in [2.05, 4.69) is 10.6 Å². The Kier molecular flexibility index (Phi) is 3.25. The van der Waals surface area contributed by atoms with Crippen molar-refractivity contribution in [3.63, 3.8) is 0 Å². The van der Waals surface area contributed by atoms with Gasteiger partial charge in [0.2, 0.25) is 5.91 Å². The Balaban J connectivity index is 2.38. The predicted octanol–water partition coefficient (Wildman–Crippen LogP) is -0.672. The van der Waals surface area contributed by atoms with E-state index in [-0.39, 0.29) is 6.04 Å². The van der Waals surface area contributed by atoms with E-state index in [1.807, 2.05) is 0 Å². The van der Waals surface area contributed by atoms with Crippen LogP contribution in [0, 0.1) is 0 Å². The number of hydrogen-bond donors (Lipinski definition) is 3. The summed E-state index contributed by atoms with van der Waals surface area (Å²) < 4.78 is 0. The number of carbonyl (C=O) groups is 2. The van der Waals surface area contributed by atoms with Crippen molar-refractivity contribution in [3.8, 4) is 0 Å². The maximum absolute atomic E-state index is 11.3. The molecule has 0 saturated heterocycles. The number of aliphatic carboxylic acids is 1. The van der Waals surface area contributed by atoms with Gasteiger partial charge in [-0.25, -0.2) is 4.79 Å². The standard InChI is InChI=1S/C8H14N2O3/c1-9-6(8(12)13)7(11)10-5-3-2-4-5/h5-6,9H,2-4H2,1H3,(H,10,11)(H,12,13). The molecule has 5 nitrogen and oxygen atoms in total. The SMILES string of the molecule is CNC(C(=O)O)C(=O)NC1CCC1. The highest BCUT2D eigenvalue weighted by molar-refractivity contribution is 6.01. The molecule has 74 valence electrons. The second-order valence-electron chi connectivity index (χ2n) is 3.20. The Bertz CT molecular complexity index is 213. The second-order valence-corrected chi connectivity index (χ2v) is 3.20. The Morgan fingerprint density at radius 2 is 2.08 bits per heavy atom. The first-order valence-electron chi connectivity index (χ1n) is 4.35. The highest BCUT2D eigenvalue weighted by Crippen LogP contribution is 2.17. The molecule has 1 amide bonds. The molecule has 1 aliphatic rings. The number of hydrogen-bond acceptors (Lipinski definition) is 3. The van der Waals surface area contributed by atoms with E-state index in [0.29, 0.717) is 0 Å². The van der Waals surface area contributed by atoms with Crippen LogP contribution in [0.3, 0.4) is 0 Å². The van der Waals surface area contributed by atoms with Gasteiger partial charge in [-0.15, -0.1) is 0 Å². The minimum atomic E-state index is -1.14. The molecule has 0 radical (unpaired) electrons. The van der Waals surface area contributed by atoms with Gasteiger partial charge in [-0.05, 0) is 26.3 Å². The van der Waals surface area contributed by atoms with E-state index in [4.69, 9.17) is 5.11 Å². The third-order valence-corrected chi connectivity index (χ3v) is 2.25. The summed E-state index contributed by atoms with van der Waals surface area (Å²) >= 11 is 0. The Labute approximate surface area is 76.5 Å². The van der Waals surface area contributed by atoms with Crippen molar-refractivity contribution in [1.82, 2.24) is 10.6 Å². The lowest BCUT2D eigenvalue weighted by Gasteiger charge is -2.27. The van der Waals surface area contributed by atoms with Crippen molar-refractivity contribution in [1.29, 1.82) is 0 Å². The van der Waals surface area contributed by atoms with Crippen LogP contribution in [0.25, 0.3) is 0 Å². The highest BCUT2D eigenvalue weighted by atomic mass is 16.4. The van der Waals surface area contributed by atoms with E-state index in [1.165, 1.54) is 7.05 Å². The molecule has 13 heavy (non-hydrogen) atoms. The number of rotatable bonds is 4. The van der Waals surface area contributed by atoms with Crippen LogP contribution in [-0.4, -0.2) is 36.1 Å². The molecular weight excluding hydrogens is 172 g/mol. The molecular formula is C8H14N2O3. The quantitative estimate of drug-likeness (QED) is 0.509. The van der Waals surface area contributed by atoms with Crippen molar-refractivity contribution in [3.05, 3.63) is 0 Å². The first-order valence-corrected chi connectivity index (χ1v) is 4.35. The smallest absolute Gasteiger partial charge is 0.330 e. The number of likely N-dealkylation sites (N-methyl/N-ethyl adjacent to an activating group) is 1. The average Bonchev–Trinajstić information content (AvgIpc) is 1.97. The van der Waals surface area contributed by atoms with Crippen LogP contribution in [0.5, 0.6) is 0 Å². The number of carboxylic acid groups (broad SMARTS) is 1. The van der Waals surface area contributed by atoms with Crippen LogP contribution >= 0.6 is 0 Å². The lowest BCUT2D eigenvalue weighted by Crippen LogP contribution is -2.52. The molecule has 3 N–H and O–H groups in total. The number of nitrogens with one attached hydrogen (secondary N) is 2. The zero-order valence-corrected chi connectivity index (χ0v) is 7.54. The molecule has 5 heteroatoms. The van der Waals surface area contributed by atoms with E-state index in [1.54, 1.807) is 0 Å². The second kappa shape index (κ2) is 4.23.